The number of hydrogen-bond acceptors (Lipinski definition) is 6. The molecule has 1 amide bonds. The highest BCUT2D eigenvalue weighted by Crippen LogP contribution is 2.24. The molecular weight excluding hydrogens is 362 g/mol. The molecule has 1 aliphatic rings. The molecule has 0 aliphatic carbocycles. The lowest BCUT2D eigenvalue weighted by molar-refractivity contribution is -0.132. The van der Waals surface area contributed by atoms with Gasteiger partial charge in [-0.1, -0.05) is 5.16 Å². The van der Waals surface area contributed by atoms with E-state index in [-0.39, 0.29) is 23.9 Å². The number of carbonyl (C=O) groups excluding carboxylic acids is 1. The topological polar surface area (TPSA) is 83.7 Å². The van der Waals surface area contributed by atoms with Crippen molar-refractivity contribution < 1.29 is 17.7 Å². The molecule has 136 valence electrons. The highest BCUT2D eigenvalue weighted by atomic mass is 32.2. The van der Waals surface area contributed by atoms with Crippen molar-refractivity contribution in [1.82, 2.24) is 14.4 Å². The van der Waals surface area contributed by atoms with E-state index >= 15 is 0 Å². The number of hydrogen-bond donors (Lipinski definition) is 0. The van der Waals surface area contributed by atoms with Gasteiger partial charge in [-0.05, 0) is 42.7 Å². The summed E-state index contributed by atoms with van der Waals surface area (Å²) in [5.74, 6) is 0.368. The van der Waals surface area contributed by atoms with Crippen molar-refractivity contribution >= 4 is 27.3 Å². The molecule has 0 saturated carbocycles. The third-order valence-electron chi connectivity index (χ3n) is 4.36. The van der Waals surface area contributed by atoms with Crippen LogP contribution in [-0.4, -0.2) is 54.9 Å². The van der Waals surface area contributed by atoms with Crippen molar-refractivity contribution in [2.75, 3.05) is 26.2 Å². The van der Waals surface area contributed by atoms with E-state index in [9.17, 15) is 13.2 Å². The quantitative estimate of drug-likeness (QED) is 0.786. The van der Waals surface area contributed by atoms with Crippen molar-refractivity contribution in [2.45, 2.75) is 31.6 Å². The van der Waals surface area contributed by atoms with E-state index < -0.39 is 10.0 Å². The Morgan fingerprint density at radius 3 is 2.56 bits per heavy atom. The molecule has 7 nitrogen and oxygen atoms in total. The molecule has 0 bridgehead atoms. The Morgan fingerprint density at radius 2 is 2.00 bits per heavy atom. The van der Waals surface area contributed by atoms with Crippen LogP contribution in [-0.2, 0) is 21.2 Å². The molecule has 0 N–H and O–H groups in total. The predicted molar refractivity (Wildman–Crippen MR) is 94.0 cm³/mol. The Labute approximate surface area is 151 Å². The SMILES string of the molecule is Cc1noc(C)c1S(=O)(=O)N1CCN(C(=O)CCc2ccsc2)CC1. The Bertz CT molecular complexity index is 815. The summed E-state index contributed by atoms with van der Waals surface area (Å²) in [6, 6.07) is 2.02. The lowest BCUT2D eigenvalue weighted by Gasteiger charge is -2.34. The van der Waals surface area contributed by atoms with E-state index in [0.717, 1.165) is 12.0 Å². The van der Waals surface area contributed by atoms with Crippen molar-refractivity contribution in [2.24, 2.45) is 0 Å². The van der Waals surface area contributed by atoms with Crippen LogP contribution in [0.3, 0.4) is 0 Å². The first-order valence-corrected chi connectivity index (χ1v) is 10.5. The van der Waals surface area contributed by atoms with Gasteiger partial charge in [-0.25, -0.2) is 8.42 Å². The van der Waals surface area contributed by atoms with Gasteiger partial charge in [0.25, 0.3) is 0 Å². The van der Waals surface area contributed by atoms with Crippen LogP contribution >= 0.6 is 11.3 Å². The number of carbonyl (C=O) groups is 1. The standard InChI is InChI=1S/C16H21N3O4S2/c1-12-16(13(2)23-17-12)25(21,22)19-8-6-18(7-9-19)15(20)4-3-14-5-10-24-11-14/h5,10-11H,3-4,6-9H2,1-2H3. The van der Waals surface area contributed by atoms with Gasteiger partial charge in [0.2, 0.25) is 15.9 Å². The monoisotopic (exact) mass is 383 g/mol. The molecule has 1 aliphatic heterocycles. The highest BCUT2D eigenvalue weighted by Gasteiger charge is 2.34. The summed E-state index contributed by atoms with van der Waals surface area (Å²) in [6.07, 6.45) is 1.17. The number of sulfonamides is 1. The average molecular weight is 383 g/mol. The zero-order valence-electron chi connectivity index (χ0n) is 14.3. The van der Waals surface area contributed by atoms with Gasteiger partial charge < -0.3 is 9.42 Å². The van der Waals surface area contributed by atoms with E-state index in [1.54, 1.807) is 30.1 Å². The van der Waals surface area contributed by atoms with Gasteiger partial charge in [-0.3, -0.25) is 4.79 Å². The number of nitrogens with zero attached hydrogens (tertiary/aromatic N) is 3. The fourth-order valence-electron chi connectivity index (χ4n) is 2.99. The number of piperazine rings is 1. The van der Waals surface area contributed by atoms with Crippen molar-refractivity contribution in [3.8, 4) is 0 Å². The molecule has 0 spiro atoms. The van der Waals surface area contributed by atoms with E-state index in [1.165, 1.54) is 4.31 Å². The summed E-state index contributed by atoms with van der Waals surface area (Å²) < 4.78 is 31.9. The van der Waals surface area contributed by atoms with E-state index in [0.29, 0.717) is 31.0 Å². The lowest BCUT2D eigenvalue weighted by Crippen LogP contribution is -2.50. The van der Waals surface area contributed by atoms with Crippen LogP contribution in [0.15, 0.2) is 26.2 Å². The first kappa shape index (κ1) is 18.1. The minimum absolute atomic E-state index is 0.0700. The predicted octanol–water partition coefficient (Wildman–Crippen LogP) is 1.82. The van der Waals surface area contributed by atoms with E-state index in [1.807, 2.05) is 16.8 Å². The molecule has 2 aromatic heterocycles. The summed E-state index contributed by atoms with van der Waals surface area (Å²) >= 11 is 1.62. The maximum atomic E-state index is 12.8. The minimum atomic E-state index is -3.64. The lowest BCUT2D eigenvalue weighted by atomic mass is 10.1. The number of aryl methyl sites for hydroxylation is 3. The second-order valence-electron chi connectivity index (χ2n) is 6.07. The van der Waals surface area contributed by atoms with E-state index in [4.69, 9.17) is 4.52 Å². The van der Waals surface area contributed by atoms with Gasteiger partial charge in [0.05, 0.1) is 0 Å². The molecule has 25 heavy (non-hydrogen) atoms. The van der Waals surface area contributed by atoms with Crippen molar-refractivity contribution in [1.29, 1.82) is 0 Å². The van der Waals surface area contributed by atoms with Crippen molar-refractivity contribution in [3.05, 3.63) is 33.8 Å². The molecule has 1 fully saturated rings. The smallest absolute Gasteiger partial charge is 0.248 e. The fourth-order valence-corrected chi connectivity index (χ4v) is 5.41. The van der Waals surface area contributed by atoms with Crippen LogP contribution in [0.25, 0.3) is 0 Å². The van der Waals surface area contributed by atoms with Gasteiger partial charge in [0.1, 0.15) is 10.6 Å². The molecule has 9 heteroatoms. The van der Waals surface area contributed by atoms with Crippen LogP contribution < -0.4 is 0 Å². The summed E-state index contributed by atoms with van der Waals surface area (Å²) in [5.41, 5.74) is 1.53. The molecule has 3 rings (SSSR count). The number of thiophene rings is 1. The molecule has 0 radical (unpaired) electrons. The summed E-state index contributed by atoms with van der Waals surface area (Å²) in [4.78, 5) is 14.2. The first-order valence-electron chi connectivity index (χ1n) is 8.11. The second kappa shape index (κ2) is 7.27. The zero-order chi connectivity index (χ0) is 18.0. The maximum absolute atomic E-state index is 12.8. The van der Waals surface area contributed by atoms with Crippen molar-refractivity contribution in [3.63, 3.8) is 0 Å². The molecule has 0 aromatic carbocycles. The second-order valence-corrected chi connectivity index (χ2v) is 8.72. The van der Waals surface area contributed by atoms with Crippen LogP contribution in [0.1, 0.15) is 23.4 Å². The number of aromatic nitrogens is 1. The third-order valence-corrected chi connectivity index (χ3v) is 7.24. The normalized spacial score (nSPS) is 16.3. The maximum Gasteiger partial charge on any atom is 0.248 e. The third kappa shape index (κ3) is 3.78. The van der Waals surface area contributed by atoms with Gasteiger partial charge in [-0.15, -0.1) is 0 Å². The zero-order valence-corrected chi connectivity index (χ0v) is 15.9. The highest BCUT2D eigenvalue weighted by molar-refractivity contribution is 7.89. The summed E-state index contributed by atoms with van der Waals surface area (Å²) in [5, 5.41) is 7.77. The summed E-state index contributed by atoms with van der Waals surface area (Å²) in [7, 11) is -3.64. The Kier molecular flexibility index (Phi) is 5.26. The van der Waals surface area contributed by atoms with Gasteiger partial charge in [0, 0.05) is 32.6 Å². The number of rotatable bonds is 5. The van der Waals surface area contributed by atoms with Crippen LogP contribution in [0, 0.1) is 13.8 Å². The Morgan fingerprint density at radius 1 is 1.28 bits per heavy atom. The van der Waals surface area contributed by atoms with Gasteiger partial charge in [0.15, 0.2) is 5.76 Å². The fraction of sp³-hybridized carbons (Fsp3) is 0.500. The Hall–Kier alpha value is -1.71. The first-order chi connectivity index (χ1) is 11.9. The Balaban J connectivity index is 1.59. The average Bonchev–Trinajstić information content (AvgIpc) is 3.22. The molecular formula is C16H21N3O4S2. The molecule has 0 atom stereocenters. The van der Waals surface area contributed by atoms with Crippen LogP contribution in [0.2, 0.25) is 0 Å². The molecule has 0 unspecified atom stereocenters. The van der Waals surface area contributed by atoms with Gasteiger partial charge in [-0.2, -0.15) is 15.6 Å². The minimum Gasteiger partial charge on any atom is -0.360 e. The van der Waals surface area contributed by atoms with Crippen LogP contribution in [0.5, 0.6) is 0 Å². The largest absolute Gasteiger partial charge is 0.360 e. The van der Waals surface area contributed by atoms with E-state index in [2.05, 4.69) is 5.16 Å². The summed E-state index contributed by atoms with van der Waals surface area (Å²) in [6.45, 7) is 4.61. The number of amides is 1. The molecule has 1 saturated heterocycles. The molecule has 3 heterocycles. The van der Waals surface area contributed by atoms with Crippen LogP contribution in [0.4, 0.5) is 0 Å². The molecule has 2 aromatic rings. The van der Waals surface area contributed by atoms with Gasteiger partial charge >= 0.3 is 0 Å².